The number of carbonyl (C=O) groups excluding carboxylic acids is 1. The zero-order chi connectivity index (χ0) is 26.7. The average Bonchev–Trinajstić information content (AvgIpc) is 3.24. The summed E-state index contributed by atoms with van der Waals surface area (Å²) in [5.74, 6) is -0.582. The third-order valence-corrected chi connectivity index (χ3v) is 8.21. The average molecular weight is 524 g/mol. The van der Waals surface area contributed by atoms with Crippen molar-refractivity contribution in [3.8, 4) is 22.4 Å². The summed E-state index contributed by atoms with van der Waals surface area (Å²) < 4.78 is 28.9. The molecule has 8 heteroatoms. The highest BCUT2D eigenvalue weighted by Crippen LogP contribution is 2.44. The second kappa shape index (κ2) is 11.2. The van der Waals surface area contributed by atoms with Crippen molar-refractivity contribution < 1.29 is 18.5 Å². The van der Waals surface area contributed by atoms with Crippen LogP contribution < -0.4 is 5.32 Å². The molecule has 0 saturated carbocycles. The van der Waals surface area contributed by atoms with Crippen LogP contribution >= 0.6 is 0 Å². The number of nitrogens with zero attached hydrogens (tertiary/aromatic N) is 2. The number of aliphatic hydroxyl groups is 1. The maximum atomic E-state index is 13.9. The molecule has 0 bridgehead atoms. The molecular weight excluding hydrogens is 489 g/mol. The monoisotopic (exact) mass is 523 g/mol. The van der Waals surface area contributed by atoms with Crippen LogP contribution in [0.2, 0.25) is 0 Å². The second-order valence-electron chi connectivity index (χ2n) is 10.2. The van der Waals surface area contributed by atoms with E-state index in [-0.39, 0.29) is 24.4 Å². The summed E-state index contributed by atoms with van der Waals surface area (Å²) in [6.45, 7) is 8.60. The van der Waals surface area contributed by atoms with Gasteiger partial charge in [-0.15, -0.1) is 0 Å². The van der Waals surface area contributed by atoms with Crippen molar-refractivity contribution in [1.82, 2.24) is 14.6 Å². The summed E-state index contributed by atoms with van der Waals surface area (Å²) in [6, 6.07) is 15.5. The van der Waals surface area contributed by atoms with E-state index in [2.05, 4.69) is 5.32 Å². The Kier molecular flexibility index (Phi) is 8.21. The van der Waals surface area contributed by atoms with Crippen molar-refractivity contribution in [2.45, 2.75) is 57.9 Å². The molecule has 3 aromatic rings. The van der Waals surface area contributed by atoms with Crippen molar-refractivity contribution in [1.29, 1.82) is 0 Å². The number of pyridine rings is 1. The summed E-state index contributed by atoms with van der Waals surface area (Å²) in [5.41, 5.74) is 4.98. The van der Waals surface area contributed by atoms with E-state index in [0.29, 0.717) is 30.9 Å². The number of amides is 1. The predicted octanol–water partition coefficient (Wildman–Crippen LogP) is 5.40. The first-order valence-electron chi connectivity index (χ1n) is 12.6. The van der Waals surface area contributed by atoms with Gasteiger partial charge in [-0.05, 0) is 74.6 Å². The minimum atomic E-state index is -1.34. The van der Waals surface area contributed by atoms with Gasteiger partial charge in [0.25, 0.3) is 5.91 Å². The van der Waals surface area contributed by atoms with Gasteiger partial charge in [-0.2, -0.15) is 0 Å². The fourth-order valence-electron chi connectivity index (χ4n) is 4.65. The molecule has 1 amide bonds. The molecule has 0 spiro atoms. The first-order valence-corrected chi connectivity index (χ1v) is 13.7. The fourth-order valence-corrected chi connectivity index (χ4v) is 6.05. The maximum Gasteiger partial charge on any atom is 0.269 e. The van der Waals surface area contributed by atoms with E-state index >= 15 is 0 Å². The normalized spacial score (nSPS) is 16.4. The molecule has 6 nitrogen and oxygen atoms in total. The van der Waals surface area contributed by atoms with Crippen molar-refractivity contribution in [3.05, 3.63) is 77.2 Å². The number of hydrogen-bond donors (Lipinski definition) is 2. The van der Waals surface area contributed by atoms with Crippen LogP contribution in [0.3, 0.4) is 0 Å². The van der Waals surface area contributed by atoms with E-state index in [0.717, 1.165) is 34.2 Å². The minimum Gasteiger partial charge on any atom is -0.396 e. The zero-order valence-corrected chi connectivity index (χ0v) is 22.6. The van der Waals surface area contributed by atoms with Gasteiger partial charge in [-0.25, -0.2) is 17.9 Å². The van der Waals surface area contributed by atoms with Crippen molar-refractivity contribution in [2.75, 3.05) is 13.2 Å². The van der Waals surface area contributed by atoms with Crippen LogP contribution in [-0.2, 0) is 17.5 Å². The lowest BCUT2D eigenvalue weighted by molar-refractivity contribution is 0.0948. The van der Waals surface area contributed by atoms with Crippen LogP contribution in [0, 0.1) is 5.82 Å². The summed E-state index contributed by atoms with van der Waals surface area (Å²) >= 11 is 0. The number of fused-ring (bicyclic) bond motifs is 1. The zero-order valence-electron chi connectivity index (χ0n) is 21.8. The van der Waals surface area contributed by atoms with Gasteiger partial charge in [0.2, 0.25) is 0 Å². The molecule has 0 saturated heterocycles. The van der Waals surface area contributed by atoms with Gasteiger partial charge in [-0.1, -0.05) is 37.3 Å². The number of hydrogen-bond acceptors (Lipinski definition) is 4. The SMILES string of the molecule is CCCNC(=O)c1cc2c(c(-c3cccc(-c4cccc(F)c4)c3)n1)[C@@H](CCO)N([S@](=O)C(C)(C)C)C2. The molecule has 0 unspecified atom stereocenters. The fraction of sp³-hybridized carbons (Fsp3) is 0.379. The standard InChI is InChI=1S/C29H34FN3O3S/c1-5-13-31-28(35)24-17-22-18-33(37(36)29(2,3)4)25(12-14-34)26(22)27(32-24)21-10-6-8-19(15-21)20-9-7-11-23(30)16-20/h6-11,15-17,25,34H,5,12-14,18H2,1-4H3,(H,31,35)/t25-,37-/m1/s1. The Morgan fingerprint density at radius 2 is 1.81 bits per heavy atom. The van der Waals surface area contributed by atoms with Gasteiger partial charge in [-0.3, -0.25) is 4.79 Å². The molecule has 1 aliphatic rings. The van der Waals surface area contributed by atoms with Crippen LogP contribution in [0.25, 0.3) is 22.4 Å². The summed E-state index contributed by atoms with van der Waals surface area (Å²) in [5, 5.41) is 12.8. The Labute approximate surface area is 220 Å². The quantitative estimate of drug-likeness (QED) is 0.414. The Bertz CT molecular complexity index is 1320. The van der Waals surface area contributed by atoms with Gasteiger partial charge in [0.1, 0.15) is 22.5 Å². The molecule has 4 rings (SSSR count). The largest absolute Gasteiger partial charge is 0.396 e. The summed E-state index contributed by atoms with van der Waals surface area (Å²) in [7, 11) is -1.34. The molecule has 1 aromatic heterocycles. The van der Waals surface area contributed by atoms with E-state index in [1.165, 1.54) is 12.1 Å². The number of aromatic nitrogens is 1. The first-order chi connectivity index (χ1) is 17.6. The molecule has 0 aliphatic carbocycles. The highest BCUT2D eigenvalue weighted by atomic mass is 32.2. The number of rotatable bonds is 8. The van der Waals surface area contributed by atoms with E-state index in [9.17, 15) is 18.5 Å². The van der Waals surface area contributed by atoms with Crippen LogP contribution in [0.5, 0.6) is 0 Å². The van der Waals surface area contributed by atoms with Gasteiger partial charge >= 0.3 is 0 Å². The molecule has 0 radical (unpaired) electrons. The highest BCUT2D eigenvalue weighted by Gasteiger charge is 2.40. The Morgan fingerprint density at radius 1 is 1.14 bits per heavy atom. The molecule has 2 atom stereocenters. The third-order valence-electron chi connectivity index (χ3n) is 6.35. The molecular formula is C29H34FN3O3S. The van der Waals surface area contributed by atoms with Gasteiger partial charge in [0, 0.05) is 30.8 Å². The summed E-state index contributed by atoms with van der Waals surface area (Å²) in [4.78, 5) is 17.8. The molecule has 1 aliphatic heterocycles. The van der Waals surface area contributed by atoms with Gasteiger partial charge in [0.05, 0.1) is 16.5 Å². The molecule has 196 valence electrons. The van der Waals surface area contributed by atoms with Crippen molar-refractivity contribution >= 4 is 16.9 Å². The summed E-state index contributed by atoms with van der Waals surface area (Å²) in [6.07, 6.45) is 1.19. The van der Waals surface area contributed by atoms with E-state index in [1.807, 2.05) is 62.3 Å². The van der Waals surface area contributed by atoms with Gasteiger partial charge < -0.3 is 10.4 Å². The van der Waals surface area contributed by atoms with Crippen molar-refractivity contribution in [3.63, 3.8) is 0 Å². The molecule has 2 N–H and O–H groups in total. The van der Waals surface area contributed by atoms with Crippen molar-refractivity contribution in [2.24, 2.45) is 0 Å². The number of nitrogens with one attached hydrogen (secondary N) is 1. The highest BCUT2D eigenvalue weighted by molar-refractivity contribution is 7.84. The lowest BCUT2D eigenvalue weighted by atomic mass is 9.94. The lowest BCUT2D eigenvalue weighted by Crippen LogP contribution is -2.36. The molecule has 2 aromatic carbocycles. The topological polar surface area (TPSA) is 82.5 Å². The second-order valence-corrected chi connectivity index (χ2v) is 12.4. The van der Waals surface area contributed by atoms with E-state index in [1.54, 1.807) is 12.1 Å². The maximum absolute atomic E-state index is 13.9. The predicted molar refractivity (Wildman–Crippen MR) is 146 cm³/mol. The Balaban J connectivity index is 1.89. The number of benzene rings is 2. The number of halogens is 1. The van der Waals surface area contributed by atoms with E-state index in [4.69, 9.17) is 4.98 Å². The lowest BCUT2D eigenvalue weighted by Gasteiger charge is -2.30. The number of aliphatic hydroxyl groups excluding tert-OH is 1. The third kappa shape index (κ3) is 5.81. The van der Waals surface area contributed by atoms with Crippen LogP contribution in [-0.4, -0.2) is 42.4 Å². The van der Waals surface area contributed by atoms with Crippen LogP contribution in [0.4, 0.5) is 4.39 Å². The molecule has 37 heavy (non-hydrogen) atoms. The van der Waals surface area contributed by atoms with Crippen LogP contribution in [0.15, 0.2) is 54.6 Å². The van der Waals surface area contributed by atoms with Gasteiger partial charge in [0.15, 0.2) is 0 Å². The minimum absolute atomic E-state index is 0.0799. The van der Waals surface area contributed by atoms with E-state index < -0.39 is 15.7 Å². The Morgan fingerprint density at radius 3 is 2.46 bits per heavy atom. The molecule has 0 fully saturated rings. The smallest absolute Gasteiger partial charge is 0.269 e. The van der Waals surface area contributed by atoms with Crippen LogP contribution in [0.1, 0.15) is 68.2 Å². The Hall–Kier alpha value is -2.94. The first kappa shape index (κ1) is 27.1. The number of carbonyl (C=O) groups is 1. The molecule has 2 heterocycles.